The Labute approximate surface area is 137 Å². The smallest absolute Gasteiger partial charge is 0.315 e. The fraction of sp³-hybridized carbons (Fsp3) is 0.556. The summed E-state index contributed by atoms with van der Waals surface area (Å²) >= 11 is 0. The first-order valence-corrected chi connectivity index (χ1v) is 8.19. The Balaban J connectivity index is 2.13. The molecule has 2 N–H and O–H groups in total. The molecule has 1 aliphatic heterocycles. The van der Waals surface area contributed by atoms with Gasteiger partial charge in [-0.2, -0.15) is 0 Å². The van der Waals surface area contributed by atoms with Crippen LogP contribution in [0, 0.1) is 5.92 Å². The van der Waals surface area contributed by atoms with Crippen LogP contribution in [0.25, 0.3) is 0 Å². The monoisotopic (exact) mass is 319 g/mol. The summed E-state index contributed by atoms with van der Waals surface area (Å²) in [5, 5.41) is 12.6. The van der Waals surface area contributed by atoms with Gasteiger partial charge in [0, 0.05) is 13.2 Å². The number of nitrogens with one attached hydrogen (secondary N) is 1. The molecule has 1 aromatic rings. The Bertz CT molecular complexity index is 545. The summed E-state index contributed by atoms with van der Waals surface area (Å²) < 4.78 is 5.52. The van der Waals surface area contributed by atoms with Gasteiger partial charge in [0.25, 0.3) is 0 Å². The fourth-order valence-electron chi connectivity index (χ4n) is 3.18. The van der Waals surface area contributed by atoms with Gasteiger partial charge in [-0.25, -0.2) is 0 Å². The van der Waals surface area contributed by atoms with E-state index in [1.54, 1.807) is 12.1 Å². The average Bonchev–Trinajstić information content (AvgIpc) is 2.56. The maximum absolute atomic E-state index is 12.4. The number of ether oxygens (including phenoxy) is 1. The highest BCUT2D eigenvalue weighted by atomic mass is 16.5. The van der Waals surface area contributed by atoms with Crippen LogP contribution in [-0.4, -0.2) is 36.2 Å². The van der Waals surface area contributed by atoms with Crippen LogP contribution in [0.3, 0.4) is 0 Å². The second-order valence-electron chi connectivity index (χ2n) is 6.15. The van der Waals surface area contributed by atoms with Crippen molar-refractivity contribution >= 4 is 11.9 Å². The van der Waals surface area contributed by atoms with E-state index in [0.717, 1.165) is 12.8 Å². The van der Waals surface area contributed by atoms with Gasteiger partial charge in [-0.05, 0) is 31.7 Å². The fourth-order valence-corrected chi connectivity index (χ4v) is 3.18. The molecule has 5 nitrogen and oxygen atoms in total. The zero-order valence-electron chi connectivity index (χ0n) is 13.7. The molecule has 1 amide bonds. The molecule has 2 rings (SSSR count). The Kier molecular flexibility index (Phi) is 5.77. The molecule has 3 unspecified atom stereocenters. The number of benzene rings is 1. The first-order chi connectivity index (χ1) is 11.0. The summed E-state index contributed by atoms with van der Waals surface area (Å²) in [6, 6.07) is 9.10. The Morgan fingerprint density at radius 1 is 1.35 bits per heavy atom. The summed E-state index contributed by atoms with van der Waals surface area (Å²) in [6.45, 7) is 4.50. The number of aliphatic carboxylic acids is 1. The van der Waals surface area contributed by atoms with E-state index in [4.69, 9.17) is 4.74 Å². The van der Waals surface area contributed by atoms with Gasteiger partial charge in [0.15, 0.2) is 0 Å². The highest BCUT2D eigenvalue weighted by Crippen LogP contribution is 2.28. The van der Waals surface area contributed by atoms with Crippen molar-refractivity contribution in [3.8, 4) is 0 Å². The molecule has 5 heteroatoms. The van der Waals surface area contributed by atoms with Crippen molar-refractivity contribution in [2.75, 3.05) is 13.2 Å². The molecule has 1 saturated heterocycles. The quantitative estimate of drug-likeness (QED) is 0.844. The first kappa shape index (κ1) is 17.5. The summed E-state index contributed by atoms with van der Waals surface area (Å²) in [7, 11) is 0. The van der Waals surface area contributed by atoms with E-state index in [9.17, 15) is 14.7 Å². The standard InChI is InChI=1S/C18H25NO4/c1-3-18(17(21)22,14-8-5-4-6-9-14)12-19-16(20)15-10-7-11-23-13(15)2/h4-6,8-9,13,15H,3,7,10-12H2,1-2H3,(H,19,20)(H,21,22). The summed E-state index contributed by atoms with van der Waals surface area (Å²) in [5.41, 5.74) is -0.390. The molecule has 23 heavy (non-hydrogen) atoms. The maximum atomic E-state index is 12.4. The third kappa shape index (κ3) is 3.72. The molecule has 0 aromatic heterocycles. The number of rotatable bonds is 6. The van der Waals surface area contributed by atoms with Gasteiger partial charge >= 0.3 is 5.97 Å². The van der Waals surface area contributed by atoms with E-state index in [-0.39, 0.29) is 24.5 Å². The largest absolute Gasteiger partial charge is 0.481 e. The Morgan fingerprint density at radius 3 is 2.61 bits per heavy atom. The summed E-state index contributed by atoms with van der Waals surface area (Å²) in [4.78, 5) is 24.4. The first-order valence-electron chi connectivity index (χ1n) is 8.19. The molecule has 1 heterocycles. The number of hydrogen-bond acceptors (Lipinski definition) is 3. The molecular weight excluding hydrogens is 294 g/mol. The Hall–Kier alpha value is -1.88. The molecule has 0 bridgehead atoms. The lowest BCUT2D eigenvalue weighted by atomic mass is 9.77. The van der Waals surface area contributed by atoms with E-state index in [1.165, 1.54) is 0 Å². The van der Waals surface area contributed by atoms with Crippen molar-refractivity contribution in [1.29, 1.82) is 0 Å². The average molecular weight is 319 g/mol. The number of carboxylic acid groups (broad SMARTS) is 1. The van der Waals surface area contributed by atoms with Gasteiger partial charge in [-0.3, -0.25) is 9.59 Å². The molecule has 0 radical (unpaired) electrons. The molecule has 1 aliphatic rings. The minimum atomic E-state index is -1.10. The van der Waals surface area contributed by atoms with E-state index < -0.39 is 11.4 Å². The lowest BCUT2D eigenvalue weighted by Crippen LogP contribution is -2.49. The molecule has 0 aliphatic carbocycles. The Morgan fingerprint density at radius 2 is 2.04 bits per heavy atom. The second-order valence-corrected chi connectivity index (χ2v) is 6.15. The highest BCUT2D eigenvalue weighted by molar-refractivity contribution is 5.84. The van der Waals surface area contributed by atoms with Crippen molar-refractivity contribution < 1.29 is 19.4 Å². The van der Waals surface area contributed by atoms with Gasteiger partial charge in [-0.15, -0.1) is 0 Å². The van der Waals surface area contributed by atoms with Crippen molar-refractivity contribution in [2.24, 2.45) is 5.92 Å². The minimum Gasteiger partial charge on any atom is -0.481 e. The zero-order chi connectivity index (χ0) is 16.9. The normalized spacial score (nSPS) is 23.7. The molecule has 3 atom stereocenters. The minimum absolute atomic E-state index is 0.0882. The van der Waals surface area contributed by atoms with Gasteiger partial charge in [0.1, 0.15) is 5.41 Å². The molecule has 1 aromatic carbocycles. The van der Waals surface area contributed by atoms with Crippen LogP contribution in [0.15, 0.2) is 30.3 Å². The highest BCUT2D eigenvalue weighted by Gasteiger charge is 2.40. The lowest BCUT2D eigenvalue weighted by molar-refractivity contribution is -0.144. The molecule has 0 saturated carbocycles. The lowest BCUT2D eigenvalue weighted by Gasteiger charge is -2.32. The predicted molar refractivity (Wildman–Crippen MR) is 87.2 cm³/mol. The van der Waals surface area contributed by atoms with Crippen molar-refractivity contribution in [3.63, 3.8) is 0 Å². The van der Waals surface area contributed by atoms with E-state index in [1.807, 2.05) is 32.0 Å². The van der Waals surface area contributed by atoms with Gasteiger partial charge in [0.2, 0.25) is 5.91 Å². The van der Waals surface area contributed by atoms with E-state index >= 15 is 0 Å². The second kappa shape index (κ2) is 7.59. The van der Waals surface area contributed by atoms with Gasteiger partial charge in [-0.1, -0.05) is 37.3 Å². The number of hydrogen-bond donors (Lipinski definition) is 2. The van der Waals surface area contributed by atoms with Crippen LogP contribution in [-0.2, 0) is 19.7 Å². The predicted octanol–water partition coefficient (Wildman–Crippen LogP) is 2.35. The third-order valence-electron chi connectivity index (χ3n) is 4.85. The van der Waals surface area contributed by atoms with Crippen LogP contribution >= 0.6 is 0 Å². The van der Waals surface area contributed by atoms with Crippen molar-refractivity contribution in [1.82, 2.24) is 5.32 Å². The van der Waals surface area contributed by atoms with E-state index in [0.29, 0.717) is 18.6 Å². The molecule has 1 fully saturated rings. The SMILES string of the molecule is CCC(CNC(=O)C1CCCOC1C)(C(=O)O)c1ccccc1. The number of carbonyl (C=O) groups is 2. The summed E-state index contributed by atoms with van der Waals surface area (Å²) in [6.07, 6.45) is 1.92. The maximum Gasteiger partial charge on any atom is 0.315 e. The zero-order valence-corrected chi connectivity index (χ0v) is 13.7. The third-order valence-corrected chi connectivity index (χ3v) is 4.85. The number of amides is 1. The summed E-state index contributed by atoms with van der Waals surface area (Å²) in [5.74, 6) is -1.24. The van der Waals surface area contributed by atoms with Crippen LogP contribution in [0.2, 0.25) is 0 Å². The molecule has 0 spiro atoms. The number of carbonyl (C=O) groups excluding carboxylic acids is 1. The van der Waals surface area contributed by atoms with Crippen LogP contribution in [0.1, 0.15) is 38.7 Å². The van der Waals surface area contributed by atoms with Crippen LogP contribution in [0.5, 0.6) is 0 Å². The molecule has 126 valence electrons. The van der Waals surface area contributed by atoms with E-state index in [2.05, 4.69) is 5.32 Å². The van der Waals surface area contributed by atoms with Crippen LogP contribution in [0.4, 0.5) is 0 Å². The number of carboxylic acids is 1. The van der Waals surface area contributed by atoms with Gasteiger partial charge < -0.3 is 15.2 Å². The molecular formula is C18H25NO4. The van der Waals surface area contributed by atoms with Gasteiger partial charge in [0.05, 0.1) is 12.0 Å². The topological polar surface area (TPSA) is 75.6 Å². The van der Waals surface area contributed by atoms with Crippen molar-refractivity contribution in [2.45, 2.75) is 44.6 Å². The van der Waals surface area contributed by atoms with Crippen LogP contribution < -0.4 is 5.32 Å². The van der Waals surface area contributed by atoms with Crippen molar-refractivity contribution in [3.05, 3.63) is 35.9 Å².